The molecule has 0 atom stereocenters. The van der Waals surface area contributed by atoms with Crippen LogP contribution in [0.2, 0.25) is 0 Å². The Morgan fingerprint density at radius 2 is 1.92 bits per heavy atom. The summed E-state index contributed by atoms with van der Waals surface area (Å²) in [7, 11) is 0. The molecule has 1 aromatic carbocycles. The SMILES string of the molecule is O=[N+]([O-])N(NO)c1ccccc1.[AlH3]. The molecule has 13 heavy (non-hydrogen) atoms. The third kappa shape index (κ3) is 3.01. The van der Waals surface area contributed by atoms with Gasteiger partial charge in [0.1, 0.15) is 5.69 Å². The van der Waals surface area contributed by atoms with E-state index in [1.54, 1.807) is 18.2 Å². The summed E-state index contributed by atoms with van der Waals surface area (Å²) in [6, 6.07) is 7.96. The molecule has 6 nitrogen and oxygen atoms in total. The zero-order valence-electron chi connectivity index (χ0n) is 6.04. The molecular formula is C6H10AlN3O3. The van der Waals surface area contributed by atoms with Crippen molar-refractivity contribution in [3.8, 4) is 0 Å². The van der Waals surface area contributed by atoms with E-state index in [0.29, 0.717) is 5.12 Å². The van der Waals surface area contributed by atoms with Gasteiger partial charge in [0.15, 0.2) is 22.4 Å². The standard InChI is InChI=1S/C6H7N3O3.Al.3H/c10-7-8(9(11)12)6-4-2-1-3-5-6;;;;/h1-5,7,10H;;;;. The quantitative estimate of drug-likeness (QED) is 0.386. The van der Waals surface area contributed by atoms with Crippen molar-refractivity contribution in [3.05, 3.63) is 40.4 Å². The molecular weight excluding hydrogens is 189 g/mol. The molecule has 0 fully saturated rings. The zero-order chi connectivity index (χ0) is 8.97. The molecule has 0 aliphatic rings. The highest BCUT2D eigenvalue weighted by atomic mass is 27.0. The minimum Gasteiger partial charge on any atom is -0.293 e. The van der Waals surface area contributed by atoms with Gasteiger partial charge >= 0.3 is 0 Å². The Morgan fingerprint density at radius 1 is 1.38 bits per heavy atom. The average molecular weight is 199 g/mol. The van der Waals surface area contributed by atoms with Crippen molar-refractivity contribution >= 4 is 23.0 Å². The van der Waals surface area contributed by atoms with Gasteiger partial charge in [-0.3, -0.25) is 5.21 Å². The fourth-order valence-electron chi connectivity index (χ4n) is 0.758. The topological polar surface area (TPSA) is 78.6 Å². The zero-order valence-corrected chi connectivity index (χ0v) is 6.04. The van der Waals surface area contributed by atoms with Crippen LogP contribution in [0.25, 0.3) is 0 Å². The van der Waals surface area contributed by atoms with Gasteiger partial charge in [0.25, 0.3) is 0 Å². The normalized spacial score (nSPS) is 8.69. The number of rotatable bonds is 3. The van der Waals surface area contributed by atoms with E-state index in [2.05, 4.69) is 0 Å². The average Bonchev–Trinajstić information content (AvgIpc) is 2.07. The van der Waals surface area contributed by atoms with E-state index in [9.17, 15) is 10.1 Å². The van der Waals surface area contributed by atoms with Crippen molar-refractivity contribution in [3.63, 3.8) is 0 Å². The van der Waals surface area contributed by atoms with Crippen molar-refractivity contribution in [1.29, 1.82) is 0 Å². The Bertz CT molecular complexity index is 269. The summed E-state index contributed by atoms with van der Waals surface area (Å²) in [6.45, 7) is 0. The first kappa shape index (κ1) is 11.9. The maximum absolute atomic E-state index is 10.2. The summed E-state index contributed by atoms with van der Waals surface area (Å²) in [5, 5.41) is 18.3. The number of anilines is 1. The molecule has 0 amide bonds. The fraction of sp³-hybridized carbons (Fsp3) is 0. The van der Waals surface area contributed by atoms with Gasteiger partial charge in [0.2, 0.25) is 0 Å². The minimum atomic E-state index is -0.769. The third-order valence-electron chi connectivity index (χ3n) is 1.26. The van der Waals surface area contributed by atoms with Gasteiger partial charge in [-0.1, -0.05) is 23.8 Å². The lowest BCUT2D eigenvalue weighted by atomic mass is 10.3. The lowest BCUT2D eigenvalue weighted by Gasteiger charge is -2.09. The van der Waals surface area contributed by atoms with E-state index in [1.165, 1.54) is 17.7 Å². The largest absolute Gasteiger partial charge is 0.293 e. The van der Waals surface area contributed by atoms with Gasteiger partial charge in [0, 0.05) is 5.12 Å². The summed E-state index contributed by atoms with van der Waals surface area (Å²) >= 11 is 0. The van der Waals surface area contributed by atoms with E-state index in [-0.39, 0.29) is 23.0 Å². The summed E-state index contributed by atoms with van der Waals surface area (Å²) in [5.74, 6) is 0. The maximum atomic E-state index is 10.2. The van der Waals surface area contributed by atoms with Crippen LogP contribution in [0.3, 0.4) is 0 Å². The first-order chi connectivity index (χ1) is 5.75. The Kier molecular flexibility index (Phi) is 5.03. The van der Waals surface area contributed by atoms with Gasteiger partial charge < -0.3 is 0 Å². The summed E-state index contributed by atoms with van der Waals surface area (Å²) in [4.78, 5) is 10.2. The Hall–Kier alpha value is -1.13. The van der Waals surface area contributed by atoms with E-state index >= 15 is 0 Å². The number of nitro groups is 1. The number of hydrogen-bond acceptors (Lipinski definition) is 4. The molecule has 0 aromatic heterocycles. The van der Waals surface area contributed by atoms with E-state index in [4.69, 9.17) is 5.21 Å². The first-order valence-corrected chi connectivity index (χ1v) is 3.15. The molecule has 0 heterocycles. The third-order valence-corrected chi connectivity index (χ3v) is 1.26. The van der Waals surface area contributed by atoms with Crippen LogP contribution in [-0.4, -0.2) is 27.6 Å². The number of benzene rings is 1. The van der Waals surface area contributed by atoms with Gasteiger partial charge in [0.05, 0.1) is 0 Å². The molecule has 0 saturated heterocycles. The van der Waals surface area contributed by atoms with Crippen LogP contribution in [0.4, 0.5) is 5.69 Å². The van der Waals surface area contributed by atoms with Crippen molar-refractivity contribution in [1.82, 2.24) is 5.59 Å². The molecule has 2 N–H and O–H groups in total. The second-order valence-electron chi connectivity index (χ2n) is 1.99. The molecule has 0 bridgehead atoms. The molecule has 0 aliphatic heterocycles. The second kappa shape index (κ2) is 5.51. The highest BCUT2D eigenvalue weighted by Crippen LogP contribution is 2.09. The number of hydrogen-bond donors (Lipinski definition) is 2. The lowest BCUT2D eigenvalue weighted by molar-refractivity contribution is -0.513. The lowest BCUT2D eigenvalue weighted by Crippen LogP contribution is -2.40. The molecule has 1 rings (SSSR count). The van der Waals surface area contributed by atoms with Crippen LogP contribution in [-0.2, 0) is 0 Å². The van der Waals surface area contributed by atoms with Gasteiger partial charge in [-0.15, -0.1) is 0 Å². The number of hydrazine groups is 2. The molecule has 0 unspecified atom stereocenters. The maximum Gasteiger partial charge on any atom is 0.187 e. The Balaban J connectivity index is 0.00000144. The number of nitrogens with zero attached hydrogens (tertiary/aromatic N) is 2. The predicted molar refractivity (Wildman–Crippen MR) is 50.8 cm³/mol. The summed E-state index contributed by atoms with van der Waals surface area (Å²) in [5.41, 5.74) is 1.71. The molecule has 70 valence electrons. The number of nitrogens with one attached hydrogen (secondary N) is 1. The summed E-state index contributed by atoms with van der Waals surface area (Å²) < 4.78 is 0. The molecule has 0 saturated carbocycles. The molecule has 1 aromatic rings. The molecule has 0 spiro atoms. The van der Waals surface area contributed by atoms with Gasteiger partial charge in [-0.25, -0.2) is 10.1 Å². The highest BCUT2D eigenvalue weighted by Gasteiger charge is 2.14. The van der Waals surface area contributed by atoms with Crippen LogP contribution in [0.1, 0.15) is 0 Å². The smallest absolute Gasteiger partial charge is 0.187 e. The minimum absolute atomic E-state index is 0. The monoisotopic (exact) mass is 199 g/mol. The Labute approximate surface area is 85.0 Å². The Morgan fingerprint density at radius 3 is 2.31 bits per heavy atom. The van der Waals surface area contributed by atoms with E-state index in [1.807, 2.05) is 0 Å². The van der Waals surface area contributed by atoms with Crippen molar-refractivity contribution in [2.24, 2.45) is 0 Å². The van der Waals surface area contributed by atoms with Crippen LogP contribution >= 0.6 is 0 Å². The van der Waals surface area contributed by atoms with Gasteiger partial charge in [-0.05, 0) is 12.1 Å². The molecule has 0 aliphatic carbocycles. The fourth-order valence-corrected chi connectivity index (χ4v) is 0.758. The van der Waals surface area contributed by atoms with Crippen molar-refractivity contribution < 1.29 is 10.2 Å². The van der Waals surface area contributed by atoms with Gasteiger partial charge in [-0.2, -0.15) is 0 Å². The van der Waals surface area contributed by atoms with Crippen LogP contribution in [0.15, 0.2) is 30.3 Å². The highest BCUT2D eigenvalue weighted by molar-refractivity contribution is 5.75. The van der Waals surface area contributed by atoms with Crippen molar-refractivity contribution in [2.75, 3.05) is 5.12 Å². The molecule has 7 heteroatoms. The van der Waals surface area contributed by atoms with Crippen LogP contribution in [0.5, 0.6) is 0 Å². The van der Waals surface area contributed by atoms with E-state index < -0.39 is 5.03 Å². The second-order valence-corrected chi connectivity index (χ2v) is 1.99. The first-order valence-electron chi connectivity index (χ1n) is 3.15. The van der Waals surface area contributed by atoms with Crippen molar-refractivity contribution in [2.45, 2.75) is 0 Å². The summed E-state index contributed by atoms with van der Waals surface area (Å²) in [6.07, 6.45) is 0. The van der Waals surface area contributed by atoms with E-state index in [0.717, 1.165) is 0 Å². The van der Waals surface area contributed by atoms with Crippen LogP contribution < -0.4 is 10.7 Å². The number of para-hydroxylation sites is 1. The van der Waals surface area contributed by atoms with Crippen LogP contribution in [0, 0.1) is 10.1 Å². The molecule has 0 radical (unpaired) electrons. The predicted octanol–water partition coefficient (Wildman–Crippen LogP) is -0.605.